The maximum atomic E-state index is 13.7. The molecule has 734 valence electrons. The van der Waals surface area contributed by atoms with Gasteiger partial charge in [-0.15, -0.1) is 0 Å². The van der Waals surface area contributed by atoms with Crippen LogP contribution in [0.1, 0.15) is 197 Å². The summed E-state index contributed by atoms with van der Waals surface area (Å²) in [5, 5.41) is 43.5. The van der Waals surface area contributed by atoms with Crippen LogP contribution in [0.4, 0.5) is 15.3 Å². The molecule has 4 unspecified atom stereocenters. The van der Waals surface area contributed by atoms with Crippen molar-refractivity contribution in [1.29, 1.82) is 5.41 Å². The Balaban J connectivity index is 0.000000281. The molecule has 8 aliphatic heterocycles. The summed E-state index contributed by atoms with van der Waals surface area (Å²) in [4.78, 5) is 100. The summed E-state index contributed by atoms with van der Waals surface area (Å²) >= 11 is 0. The number of hydrogen-bond acceptors (Lipinski definition) is 24. The predicted molar refractivity (Wildman–Crippen MR) is 524 cm³/mol. The van der Waals surface area contributed by atoms with E-state index in [1.807, 2.05) is 0 Å². The Morgan fingerprint density at radius 3 is 1.22 bits per heavy atom. The molecule has 1 aromatic rings. The van der Waals surface area contributed by atoms with E-state index in [2.05, 4.69) is 229 Å². The van der Waals surface area contributed by atoms with Crippen molar-refractivity contribution in [2.75, 3.05) is 26.4 Å². The minimum Gasteiger partial charge on any atom is -0.443 e. The van der Waals surface area contributed by atoms with Crippen LogP contribution in [0.2, 0.25) is 109 Å². The SMILES string of the molecule is CC(C)(C)OC(=O)N(Cc1ccccc1[N+](=O)[O-])C1=NC(=O)C([C@H]2C[C@@H](O[Si](C)(C)C(C)(C)C)[C@@H](CO[Si](C)(C)C(C)(C)C)O2)C=C1.CC(C)(C)OC(=O)N=C1C=CC([C@H]2C[C@@H](O[Si](C)(C)C(C)(C)C)[C@@H](CO[Si](C)(C)C(C)(C)C)O2)C(=O)N1.CC(C)(C)[Si](C)(C)OC[C@H]1O[C@@H](C2C=CC(=N)NC2=O)C[C@H]1O[Si](C)(C)C(C)(C)C.NC1=NC(=O)C([C@H]2C[C@@H](O)[C@@H](CO)O2)C=C1. The van der Waals surface area contributed by atoms with E-state index < -0.39 is 132 Å². The third-order valence-corrected chi connectivity index (χ3v) is 54.8. The number of ether oxygens (including phenoxy) is 6. The smallest absolute Gasteiger partial charge is 0.436 e. The number of nitrogens with two attached hydrogens (primary N) is 1. The normalized spacial score (nSPS) is 27.3. The lowest BCUT2D eigenvalue weighted by Gasteiger charge is -2.40. The summed E-state index contributed by atoms with van der Waals surface area (Å²) in [6, 6.07) is 6.14. The van der Waals surface area contributed by atoms with Gasteiger partial charge < -0.3 is 81.6 Å². The fourth-order valence-corrected chi connectivity index (χ4v) is 20.6. The number of hydrogen-bond donors (Lipinski definition) is 6. The lowest BCUT2D eigenvalue weighted by Crippen LogP contribution is -2.48. The highest BCUT2D eigenvalue weighted by Crippen LogP contribution is 2.48. The predicted octanol–water partition coefficient (Wildman–Crippen LogP) is 17.6. The first kappa shape index (κ1) is 113. The van der Waals surface area contributed by atoms with E-state index in [-0.39, 0.29) is 145 Å². The number of amides is 6. The molecular weight excluding hydrogens is 1760 g/mol. The summed E-state index contributed by atoms with van der Waals surface area (Å²) in [6.45, 7) is 77.9. The number of nitrogens with zero attached hydrogens (tertiary/aromatic N) is 5. The van der Waals surface area contributed by atoms with Crippen molar-refractivity contribution < 1.29 is 98.9 Å². The van der Waals surface area contributed by atoms with Crippen molar-refractivity contribution in [3.63, 3.8) is 0 Å². The first-order valence-electron chi connectivity index (χ1n) is 45.8. The van der Waals surface area contributed by atoms with E-state index in [0.29, 0.717) is 45.5 Å². The molecule has 31 nitrogen and oxygen atoms in total. The van der Waals surface area contributed by atoms with Crippen LogP contribution >= 0.6 is 0 Å². The first-order valence-corrected chi connectivity index (χ1v) is 63.2. The van der Waals surface area contributed by atoms with E-state index in [1.54, 1.807) is 108 Å². The van der Waals surface area contributed by atoms with E-state index in [1.165, 1.54) is 6.07 Å². The highest BCUT2D eigenvalue weighted by molar-refractivity contribution is 6.76. The largest absolute Gasteiger partial charge is 0.443 e. The van der Waals surface area contributed by atoms with Crippen LogP contribution in [0.3, 0.4) is 0 Å². The molecule has 4 saturated heterocycles. The lowest BCUT2D eigenvalue weighted by molar-refractivity contribution is -0.385. The number of amidine groups is 4. The summed E-state index contributed by atoms with van der Waals surface area (Å²) < 4.78 is 75.7. The van der Waals surface area contributed by atoms with Crippen LogP contribution in [0.25, 0.3) is 0 Å². The van der Waals surface area contributed by atoms with Crippen LogP contribution in [0, 0.1) is 39.2 Å². The van der Waals surface area contributed by atoms with Crippen LogP contribution in [0.15, 0.2) is 87.9 Å². The molecule has 0 aromatic heterocycles. The second kappa shape index (κ2) is 43.1. The molecule has 0 saturated carbocycles. The molecule has 37 heteroatoms. The molecule has 0 bridgehead atoms. The Morgan fingerprint density at radius 2 is 0.862 bits per heavy atom. The highest BCUT2D eigenvalue weighted by atomic mass is 28.4. The molecule has 130 heavy (non-hydrogen) atoms. The molecular formula is C93H161N9O22Si6. The number of aliphatic hydroxyl groups excluding tert-OH is 2. The van der Waals surface area contributed by atoms with Gasteiger partial charge in [-0.05, 0) is 175 Å². The molecule has 1 aromatic carbocycles. The lowest BCUT2D eigenvalue weighted by atomic mass is 9.95. The number of para-hydroxylation sites is 1. The number of aliphatic imine (C=N–C) groups is 3. The molecule has 4 fully saturated rings. The fourth-order valence-electron chi connectivity index (χ4n) is 13.5. The number of dihydropyridines is 2. The second-order valence-electron chi connectivity index (χ2n) is 46.6. The molecule has 0 aliphatic carbocycles. The number of rotatable bonds is 23. The molecule has 9 rings (SSSR count). The summed E-state index contributed by atoms with van der Waals surface area (Å²) in [5.41, 5.74) is 4.00. The van der Waals surface area contributed by atoms with Gasteiger partial charge in [0.2, 0.25) is 11.8 Å². The maximum absolute atomic E-state index is 13.7. The number of benzene rings is 1. The van der Waals surface area contributed by atoms with Gasteiger partial charge in [-0.3, -0.25) is 39.6 Å². The Kier molecular flexibility index (Phi) is 37.3. The van der Waals surface area contributed by atoms with Crippen molar-refractivity contribution in [2.24, 2.45) is 44.4 Å². The first-order chi connectivity index (χ1) is 58.9. The van der Waals surface area contributed by atoms with E-state index in [0.717, 1.165) is 4.90 Å². The topological polar surface area (TPSA) is 411 Å². The zero-order valence-corrected chi connectivity index (χ0v) is 90.9. The third-order valence-electron chi connectivity index (χ3n) is 27.7. The zero-order valence-electron chi connectivity index (χ0n) is 84.9. The van der Waals surface area contributed by atoms with Gasteiger partial charge in [0, 0.05) is 37.3 Å². The minimum atomic E-state index is -2.19. The average molecular weight is 1930 g/mol. The average Bonchev–Trinajstić information content (AvgIpc) is 1.60. The van der Waals surface area contributed by atoms with E-state index >= 15 is 0 Å². The quantitative estimate of drug-likeness (QED) is 0.0337. The highest BCUT2D eigenvalue weighted by Gasteiger charge is 2.54. The van der Waals surface area contributed by atoms with Crippen molar-refractivity contribution in [2.45, 2.75) is 392 Å². The number of nitro benzene ring substituents is 1. The summed E-state index contributed by atoms with van der Waals surface area (Å²) in [6.07, 6.45) is 9.62. The summed E-state index contributed by atoms with van der Waals surface area (Å²) in [7, 11) is -12.3. The minimum absolute atomic E-state index is 0.0192. The van der Waals surface area contributed by atoms with Crippen LogP contribution < -0.4 is 16.4 Å². The second-order valence-corrected chi connectivity index (χ2v) is 75.2. The van der Waals surface area contributed by atoms with Crippen LogP contribution in [-0.2, 0) is 80.7 Å². The molecule has 0 radical (unpaired) electrons. The Bertz CT molecular complexity index is 4380. The van der Waals surface area contributed by atoms with Gasteiger partial charge in [-0.2, -0.15) is 15.0 Å². The van der Waals surface area contributed by atoms with Gasteiger partial charge in [-0.1, -0.05) is 167 Å². The van der Waals surface area contributed by atoms with Gasteiger partial charge in [-0.25, -0.2) is 9.59 Å². The van der Waals surface area contributed by atoms with Crippen molar-refractivity contribution >= 4 is 115 Å². The van der Waals surface area contributed by atoms with Crippen molar-refractivity contribution in [3.8, 4) is 0 Å². The molecule has 8 aliphatic rings. The molecule has 6 amide bonds. The fraction of sp³-hybridized carbons (Fsp3) is 0.742. The van der Waals surface area contributed by atoms with Crippen molar-refractivity contribution in [1.82, 2.24) is 15.5 Å². The van der Waals surface area contributed by atoms with Gasteiger partial charge in [0.15, 0.2) is 49.9 Å². The number of aliphatic hydroxyl groups is 2. The number of nitrogens with one attached hydrogen (secondary N) is 3. The molecule has 16 atom stereocenters. The van der Waals surface area contributed by atoms with Crippen LogP contribution in [-0.4, -0.2) is 240 Å². The molecule has 0 spiro atoms. The van der Waals surface area contributed by atoms with Gasteiger partial charge in [0.05, 0.1) is 110 Å². The zero-order chi connectivity index (χ0) is 99.2. The summed E-state index contributed by atoms with van der Waals surface area (Å²) in [5.74, 6) is -2.88. The van der Waals surface area contributed by atoms with Crippen molar-refractivity contribution in [3.05, 3.63) is 88.6 Å². The third kappa shape index (κ3) is 31.0. The van der Waals surface area contributed by atoms with E-state index in [9.17, 15) is 44.0 Å². The van der Waals surface area contributed by atoms with Gasteiger partial charge >= 0.3 is 12.2 Å². The Labute approximate surface area is 781 Å². The van der Waals surface area contributed by atoms with Gasteiger partial charge in [0.25, 0.3) is 17.5 Å². The standard InChI is InChI=1S/C34H55N3O8Si2.C27H50N2O6Si2.C22H42N2O4Si2.C10H14N2O4/c1-32(2,3)44-31(39)36(21-23-16-14-15-17-25(23)37(40)41)29-19-18-24(30(38)35-29)26-20-27(45-47(12,13)34(7,8)9)28(43-26)22-42-46(10,11)33(4,5)6;1-25(2,3)34-24(31)29-22-15-14-18(23(30)28-22)19-16-20(35-37(12,13)27(7,8)9)21(33-19)17-32-36(10,11)26(4,5)6;1-21(2,3)29(7,8)26-14-18-17(28-30(9,10)22(4,5)6)13-16(27-18)15-11-12-19(23)24-20(15)25;11-9-2-1-5(10(15)12-9)7-3-6(14)8(4-13)16-7/h14-19,24,26-28H,20-22H2,1-13H3;14-15,18-21H,16-17H2,1-13H3,(H,28,29,30,31);11-12,15-18H,13-14H2,1-10H3,(H2,23,24,25);1-2,5-8,13-14H,3-4H2,(H2,11,12,15)/t24?,26-,27-,28-;18?,19-,20-,21-;15?,16-,17-,18-;5?,6-,7-,8-/m1111/s1. The molecule has 7 N–H and O–H groups in total. The Hall–Kier alpha value is -6.10. The Morgan fingerprint density at radius 1 is 0.508 bits per heavy atom. The number of carbonyl (C=O) groups is 6. The van der Waals surface area contributed by atoms with Gasteiger partial charge in [0.1, 0.15) is 59.0 Å². The number of carbonyl (C=O) groups excluding carboxylic acids is 6. The molecule has 8 heterocycles. The monoisotopic (exact) mass is 1920 g/mol. The number of nitro groups is 1. The maximum Gasteiger partial charge on any atom is 0.436 e. The van der Waals surface area contributed by atoms with Crippen LogP contribution in [0.5, 0.6) is 0 Å². The van der Waals surface area contributed by atoms with E-state index in [4.69, 9.17) is 71.2 Å².